The lowest BCUT2D eigenvalue weighted by Gasteiger charge is -2.29. The summed E-state index contributed by atoms with van der Waals surface area (Å²) in [4.78, 5) is 30.1. The minimum Gasteiger partial charge on any atom is -0.374 e. The maximum absolute atomic E-state index is 14.4. The molecule has 2 heterocycles. The lowest BCUT2D eigenvalue weighted by atomic mass is 9.85. The molecule has 2 amide bonds. The fourth-order valence-corrected chi connectivity index (χ4v) is 6.18. The molecular formula is C23H19Cl2F6N3O3S. The molecule has 0 saturated heterocycles. The fourth-order valence-electron chi connectivity index (χ4n) is 4.36. The number of oxime groups is 1. The summed E-state index contributed by atoms with van der Waals surface area (Å²) in [7, 11) is 0. The van der Waals surface area contributed by atoms with E-state index in [2.05, 4.69) is 10.5 Å². The highest BCUT2D eigenvalue weighted by molar-refractivity contribution is 7.16. The Hall–Kier alpha value is -2.51. The normalized spacial score (nSPS) is 19.4. The molecular weight excluding hydrogens is 583 g/mol. The van der Waals surface area contributed by atoms with Crippen LogP contribution in [0.4, 0.5) is 26.3 Å². The zero-order valence-electron chi connectivity index (χ0n) is 19.3. The second-order valence-electron chi connectivity index (χ2n) is 8.79. The van der Waals surface area contributed by atoms with Crippen LogP contribution in [0, 0.1) is 0 Å². The van der Waals surface area contributed by atoms with Crippen molar-refractivity contribution in [1.82, 2.24) is 10.6 Å². The summed E-state index contributed by atoms with van der Waals surface area (Å²) in [5, 5.41) is 7.69. The van der Waals surface area contributed by atoms with E-state index < -0.39 is 49.3 Å². The molecule has 206 valence electrons. The van der Waals surface area contributed by atoms with E-state index in [1.165, 1.54) is 6.07 Å². The highest BCUT2D eigenvalue weighted by atomic mass is 35.5. The first-order valence-corrected chi connectivity index (χ1v) is 12.8. The molecule has 1 aromatic heterocycles. The molecule has 15 heteroatoms. The van der Waals surface area contributed by atoms with Crippen LogP contribution in [-0.2, 0) is 28.1 Å². The van der Waals surface area contributed by atoms with Crippen LogP contribution >= 0.6 is 34.5 Å². The largest absolute Gasteiger partial charge is 0.435 e. The van der Waals surface area contributed by atoms with Crippen molar-refractivity contribution < 1.29 is 40.8 Å². The number of hydrogen-bond acceptors (Lipinski definition) is 5. The lowest BCUT2D eigenvalue weighted by molar-refractivity contribution is -0.275. The first-order valence-electron chi connectivity index (χ1n) is 11.2. The third kappa shape index (κ3) is 5.89. The predicted molar refractivity (Wildman–Crippen MR) is 129 cm³/mol. The minimum absolute atomic E-state index is 0.0106. The summed E-state index contributed by atoms with van der Waals surface area (Å²) >= 11 is 12.8. The molecule has 0 spiro atoms. The molecule has 0 saturated carbocycles. The number of hydrogen-bond donors (Lipinski definition) is 2. The van der Waals surface area contributed by atoms with Crippen molar-refractivity contribution in [2.24, 2.45) is 5.16 Å². The van der Waals surface area contributed by atoms with Gasteiger partial charge >= 0.3 is 12.4 Å². The van der Waals surface area contributed by atoms with Crippen molar-refractivity contribution in [3.05, 3.63) is 54.7 Å². The predicted octanol–water partition coefficient (Wildman–Crippen LogP) is 5.92. The highest BCUT2D eigenvalue weighted by Gasteiger charge is 2.62. The van der Waals surface area contributed by atoms with Crippen LogP contribution in [0.2, 0.25) is 10.0 Å². The monoisotopic (exact) mass is 601 g/mol. The van der Waals surface area contributed by atoms with E-state index in [1.54, 1.807) is 5.32 Å². The maximum Gasteiger partial charge on any atom is 0.435 e. The van der Waals surface area contributed by atoms with Crippen molar-refractivity contribution in [3.8, 4) is 0 Å². The van der Waals surface area contributed by atoms with Gasteiger partial charge in [-0.3, -0.25) is 9.59 Å². The smallest absolute Gasteiger partial charge is 0.374 e. The van der Waals surface area contributed by atoms with Crippen molar-refractivity contribution in [2.75, 3.05) is 13.1 Å². The number of rotatable bonds is 6. The molecule has 0 radical (unpaired) electrons. The van der Waals surface area contributed by atoms with Crippen LogP contribution in [0.25, 0.3) is 0 Å². The molecule has 2 aromatic rings. The van der Waals surface area contributed by atoms with E-state index in [4.69, 9.17) is 28.0 Å². The van der Waals surface area contributed by atoms with E-state index in [9.17, 15) is 35.9 Å². The van der Waals surface area contributed by atoms with Gasteiger partial charge < -0.3 is 15.5 Å². The number of carbonyl (C=O) groups excluding carboxylic acids is 2. The average molecular weight is 602 g/mol. The van der Waals surface area contributed by atoms with Crippen LogP contribution in [0.15, 0.2) is 23.4 Å². The number of nitrogens with zero attached hydrogens (tertiary/aromatic N) is 1. The van der Waals surface area contributed by atoms with Gasteiger partial charge in [0.1, 0.15) is 12.3 Å². The Morgan fingerprint density at radius 3 is 2.24 bits per heavy atom. The highest BCUT2D eigenvalue weighted by Crippen LogP contribution is 2.51. The first kappa shape index (κ1) is 28.5. The van der Waals surface area contributed by atoms with Gasteiger partial charge in [0.25, 0.3) is 11.5 Å². The molecule has 1 aliphatic heterocycles. The zero-order valence-corrected chi connectivity index (χ0v) is 21.6. The molecule has 1 aliphatic carbocycles. The van der Waals surface area contributed by atoms with Gasteiger partial charge in [0.2, 0.25) is 5.91 Å². The summed E-state index contributed by atoms with van der Waals surface area (Å²) in [6, 6.07) is 3.50. The van der Waals surface area contributed by atoms with Crippen molar-refractivity contribution >= 4 is 52.1 Å². The second-order valence-corrected chi connectivity index (χ2v) is 10.7. The van der Waals surface area contributed by atoms with Gasteiger partial charge in [-0.05, 0) is 55.0 Å². The van der Waals surface area contributed by atoms with E-state index >= 15 is 0 Å². The Bertz CT molecular complexity index is 1270. The molecule has 4 rings (SSSR count). The molecule has 6 nitrogen and oxygen atoms in total. The van der Waals surface area contributed by atoms with Gasteiger partial charge in [-0.15, -0.1) is 11.3 Å². The fraction of sp³-hybridized carbons (Fsp3) is 0.435. The summed E-state index contributed by atoms with van der Waals surface area (Å²) in [5.41, 5.74) is -1.90. The standard InChI is InChI=1S/C23H19Cl2F6N3O3S/c24-12-5-11(6-13(25)7-12)21(23(29,30)31)8-16(34-37-21)18-14-3-1-2-4-15(14)19(38-18)20(36)32-9-17(35)33-10-22(26,27)28/h5-7H,1-4,8-10H2,(H,32,36)(H,33,35). The van der Waals surface area contributed by atoms with Gasteiger partial charge in [-0.2, -0.15) is 26.3 Å². The van der Waals surface area contributed by atoms with Gasteiger partial charge in [0, 0.05) is 15.6 Å². The molecule has 2 N–H and O–H groups in total. The second kappa shape index (κ2) is 10.6. The molecule has 2 aliphatic rings. The summed E-state index contributed by atoms with van der Waals surface area (Å²) in [6.45, 7) is -2.24. The lowest BCUT2D eigenvalue weighted by Crippen LogP contribution is -2.42. The van der Waals surface area contributed by atoms with Gasteiger partial charge in [-0.25, -0.2) is 0 Å². The van der Waals surface area contributed by atoms with E-state index in [0.29, 0.717) is 28.8 Å². The third-order valence-corrected chi connectivity index (χ3v) is 7.86. The van der Waals surface area contributed by atoms with Crippen molar-refractivity contribution in [1.29, 1.82) is 0 Å². The number of nitrogens with one attached hydrogen (secondary N) is 2. The van der Waals surface area contributed by atoms with Crippen LogP contribution in [0.1, 0.15) is 50.5 Å². The molecule has 1 aromatic carbocycles. The zero-order chi connectivity index (χ0) is 27.9. The Kier molecular flexibility index (Phi) is 7.93. The quantitative estimate of drug-likeness (QED) is 0.403. The number of fused-ring (bicyclic) bond motifs is 1. The van der Waals surface area contributed by atoms with E-state index in [-0.39, 0.29) is 26.2 Å². The Morgan fingerprint density at radius 1 is 1.00 bits per heavy atom. The average Bonchev–Trinajstić information content (AvgIpc) is 3.43. The van der Waals surface area contributed by atoms with E-state index in [1.807, 2.05) is 0 Å². The number of alkyl halides is 6. The molecule has 0 fully saturated rings. The topological polar surface area (TPSA) is 79.8 Å². The number of amides is 2. The number of thiophene rings is 1. The van der Waals surface area contributed by atoms with Crippen LogP contribution in [0.5, 0.6) is 0 Å². The minimum atomic E-state index is -4.90. The number of benzene rings is 1. The maximum atomic E-state index is 14.4. The van der Waals surface area contributed by atoms with Crippen LogP contribution < -0.4 is 10.6 Å². The Morgan fingerprint density at radius 2 is 1.63 bits per heavy atom. The first-order chi connectivity index (χ1) is 17.7. The summed E-state index contributed by atoms with van der Waals surface area (Å²) in [5.74, 6) is -1.75. The van der Waals surface area contributed by atoms with E-state index in [0.717, 1.165) is 36.3 Å². The Labute approximate surface area is 226 Å². The van der Waals surface area contributed by atoms with Gasteiger partial charge in [-0.1, -0.05) is 28.4 Å². The third-order valence-electron chi connectivity index (χ3n) is 6.10. The van der Waals surface area contributed by atoms with Gasteiger partial charge in [0.15, 0.2) is 0 Å². The van der Waals surface area contributed by atoms with Crippen LogP contribution in [-0.4, -0.2) is 43.0 Å². The van der Waals surface area contributed by atoms with Crippen molar-refractivity contribution in [3.63, 3.8) is 0 Å². The number of carbonyl (C=O) groups is 2. The molecule has 1 atom stereocenters. The van der Waals surface area contributed by atoms with Crippen molar-refractivity contribution in [2.45, 2.75) is 50.1 Å². The Balaban J connectivity index is 1.60. The number of halogens is 8. The SMILES string of the molecule is O=C(CNC(=O)c1sc(C2=NOC(c3cc(Cl)cc(Cl)c3)(C(F)(F)F)C2)c2c1CCCC2)NCC(F)(F)F. The summed E-state index contributed by atoms with van der Waals surface area (Å²) in [6.07, 6.45) is -7.77. The van der Waals surface area contributed by atoms with Gasteiger partial charge in [0.05, 0.1) is 22.7 Å². The van der Waals surface area contributed by atoms with Crippen LogP contribution in [0.3, 0.4) is 0 Å². The molecule has 38 heavy (non-hydrogen) atoms. The molecule has 1 unspecified atom stereocenters. The summed E-state index contributed by atoms with van der Waals surface area (Å²) < 4.78 is 80.0. The molecule has 0 bridgehead atoms.